The Morgan fingerprint density at radius 3 is 2.46 bits per heavy atom. The van der Waals surface area contributed by atoms with Crippen LogP contribution in [0.4, 0.5) is 4.79 Å². The first-order valence-corrected chi connectivity index (χ1v) is 13.0. The number of hydrogen-bond donors (Lipinski definition) is 4. The Bertz CT molecular complexity index is 802. The van der Waals surface area contributed by atoms with Gasteiger partial charge in [0.25, 0.3) is 5.91 Å². The molecule has 0 aromatic heterocycles. The van der Waals surface area contributed by atoms with E-state index in [2.05, 4.69) is 10.6 Å². The Hall–Kier alpha value is -2.93. The molecule has 2 aliphatic rings. The van der Waals surface area contributed by atoms with Crippen molar-refractivity contribution >= 4 is 29.7 Å². The minimum atomic E-state index is -1.13. The number of rotatable bonds is 6. The van der Waals surface area contributed by atoms with Crippen molar-refractivity contribution in [2.45, 2.75) is 58.4 Å². The molecule has 3 unspecified atom stereocenters. The van der Waals surface area contributed by atoms with Crippen molar-refractivity contribution in [1.82, 2.24) is 20.6 Å². The zero-order valence-electron chi connectivity index (χ0n) is 21.8. The number of morpholine rings is 1. The average molecular weight is 528 g/mol. The molecule has 13 heteroatoms. The predicted octanol–water partition coefficient (Wildman–Crippen LogP) is 0.00190. The second-order valence-corrected chi connectivity index (χ2v) is 9.90. The van der Waals surface area contributed by atoms with Gasteiger partial charge in [-0.25, -0.2) is 9.86 Å². The highest BCUT2D eigenvalue weighted by Crippen LogP contribution is 2.26. The van der Waals surface area contributed by atoms with Gasteiger partial charge in [0.15, 0.2) is 0 Å². The van der Waals surface area contributed by atoms with Gasteiger partial charge in [-0.05, 0) is 44.4 Å². The fraction of sp³-hybridized carbons (Fsp3) is 0.792. The van der Waals surface area contributed by atoms with Gasteiger partial charge in [0.1, 0.15) is 12.6 Å². The van der Waals surface area contributed by atoms with Gasteiger partial charge < -0.3 is 30.7 Å². The molecule has 0 spiro atoms. The molecule has 2 heterocycles. The number of nitrogens with two attached hydrogens (primary N) is 1. The van der Waals surface area contributed by atoms with Crippen LogP contribution in [0.3, 0.4) is 0 Å². The van der Waals surface area contributed by atoms with Crippen LogP contribution in [0.1, 0.15) is 52.4 Å². The maximum absolute atomic E-state index is 13.4. The molecular weight excluding hydrogens is 486 g/mol. The van der Waals surface area contributed by atoms with Crippen molar-refractivity contribution in [2.24, 2.45) is 23.5 Å². The zero-order valence-corrected chi connectivity index (χ0v) is 21.8. The minimum absolute atomic E-state index is 0.0522. The first-order chi connectivity index (χ1) is 17.6. The lowest BCUT2D eigenvalue weighted by atomic mass is 9.81. The molecule has 3 atom stereocenters. The number of ether oxygens (including phenoxy) is 2. The number of hydroxylamine groups is 2. The largest absolute Gasteiger partial charge is 0.450 e. The quantitative estimate of drug-likeness (QED) is 0.275. The van der Waals surface area contributed by atoms with Gasteiger partial charge in [-0.3, -0.25) is 24.4 Å². The van der Waals surface area contributed by atoms with E-state index < -0.39 is 54.1 Å². The van der Waals surface area contributed by atoms with E-state index in [9.17, 15) is 29.2 Å². The molecule has 0 bridgehead atoms. The van der Waals surface area contributed by atoms with Crippen LogP contribution in [0, 0.1) is 17.8 Å². The summed E-state index contributed by atoms with van der Waals surface area (Å²) < 4.78 is 10.3. The fourth-order valence-electron chi connectivity index (χ4n) is 4.52. The summed E-state index contributed by atoms with van der Waals surface area (Å²) >= 11 is 0. The Labute approximate surface area is 217 Å². The number of carbonyl (C=O) groups excluding carboxylic acids is 5. The van der Waals surface area contributed by atoms with E-state index >= 15 is 0 Å². The van der Waals surface area contributed by atoms with Crippen molar-refractivity contribution in [3.63, 3.8) is 0 Å². The van der Waals surface area contributed by atoms with E-state index in [4.69, 9.17) is 15.2 Å². The monoisotopic (exact) mass is 527 g/mol. The number of carbonyl (C=O) groups is 5. The van der Waals surface area contributed by atoms with E-state index in [0.29, 0.717) is 63.6 Å². The van der Waals surface area contributed by atoms with Crippen LogP contribution in [0.25, 0.3) is 0 Å². The van der Waals surface area contributed by atoms with Gasteiger partial charge in [-0.15, -0.1) is 0 Å². The van der Waals surface area contributed by atoms with Gasteiger partial charge in [0.2, 0.25) is 17.7 Å². The molecule has 2 aliphatic heterocycles. The third-order valence-electron chi connectivity index (χ3n) is 6.51. The maximum Gasteiger partial charge on any atom is 0.407 e. The van der Waals surface area contributed by atoms with Crippen molar-refractivity contribution < 1.29 is 38.7 Å². The second kappa shape index (κ2) is 15.4. The van der Waals surface area contributed by atoms with E-state index in [1.807, 2.05) is 13.8 Å². The van der Waals surface area contributed by atoms with Crippen molar-refractivity contribution in [3.05, 3.63) is 0 Å². The Kier molecular flexibility index (Phi) is 12.6. The van der Waals surface area contributed by atoms with E-state index in [0.717, 1.165) is 0 Å². The fourth-order valence-corrected chi connectivity index (χ4v) is 4.52. The van der Waals surface area contributed by atoms with Crippen LogP contribution >= 0.6 is 0 Å². The highest BCUT2D eigenvalue weighted by atomic mass is 16.5. The summed E-state index contributed by atoms with van der Waals surface area (Å²) in [6.45, 7) is 5.11. The smallest absolute Gasteiger partial charge is 0.407 e. The summed E-state index contributed by atoms with van der Waals surface area (Å²) in [6.07, 6.45) is 1.39. The zero-order chi connectivity index (χ0) is 27.4. The van der Waals surface area contributed by atoms with E-state index in [-0.39, 0.29) is 25.4 Å². The molecule has 0 saturated carbocycles. The van der Waals surface area contributed by atoms with Crippen LogP contribution in [-0.4, -0.2) is 96.9 Å². The lowest BCUT2D eigenvalue weighted by molar-refractivity contribution is -0.175. The molecule has 2 fully saturated rings. The summed E-state index contributed by atoms with van der Waals surface area (Å²) in [5.41, 5.74) is 5.65. The van der Waals surface area contributed by atoms with Gasteiger partial charge in [-0.1, -0.05) is 13.8 Å². The van der Waals surface area contributed by atoms with Crippen LogP contribution < -0.4 is 16.4 Å². The summed E-state index contributed by atoms with van der Waals surface area (Å²) in [6, 6.07) is -1.13. The molecule has 2 saturated heterocycles. The lowest BCUT2D eigenvalue weighted by Crippen LogP contribution is -2.53. The maximum atomic E-state index is 13.4. The first kappa shape index (κ1) is 30.3. The number of hydrogen-bond acceptors (Lipinski definition) is 8. The van der Waals surface area contributed by atoms with Gasteiger partial charge in [0, 0.05) is 31.5 Å². The molecule has 210 valence electrons. The molecule has 2 rings (SSSR count). The van der Waals surface area contributed by atoms with Crippen LogP contribution in [0.5, 0.6) is 0 Å². The van der Waals surface area contributed by atoms with Crippen LogP contribution in [-0.2, 0) is 28.7 Å². The van der Waals surface area contributed by atoms with Gasteiger partial charge >= 0.3 is 6.09 Å². The Balaban J connectivity index is 2.20. The van der Waals surface area contributed by atoms with Gasteiger partial charge in [-0.2, -0.15) is 0 Å². The number of nitrogens with zero attached hydrogens (tertiary/aromatic N) is 2. The third-order valence-corrected chi connectivity index (χ3v) is 6.51. The Morgan fingerprint density at radius 1 is 1.11 bits per heavy atom. The molecule has 0 aromatic rings. The van der Waals surface area contributed by atoms with Crippen molar-refractivity contribution in [2.75, 3.05) is 46.0 Å². The number of primary amides is 1. The first-order valence-electron chi connectivity index (χ1n) is 13.0. The summed E-state index contributed by atoms with van der Waals surface area (Å²) in [5, 5.41) is 16.1. The summed E-state index contributed by atoms with van der Waals surface area (Å²) in [5.74, 6) is -4.03. The number of cyclic esters (lactones) is 1. The molecule has 0 radical (unpaired) electrons. The predicted molar refractivity (Wildman–Crippen MR) is 131 cm³/mol. The second-order valence-electron chi connectivity index (χ2n) is 9.90. The van der Waals surface area contributed by atoms with Crippen molar-refractivity contribution in [3.8, 4) is 0 Å². The molecule has 0 aliphatic carbocycles. The number of nitrogens with one attached hydrogen (secondary N) is 2. The molecular formula is C24H41N5O8. The third kappa shape index (κ3) is 10.2. The highest BCUT2D eigenvalue weighted by molar-refractivity contribution is 5.92. The number of alkyl carbamates (subject to hydrolysis) is 1. The highest BCUT2D eigenvalue weighted by Gasteiger charge is 2.36. The molecule has 5 N–H and O–H groups in total. The molecule has 37 heavy (non-hydrogen) atoms. The van der Waals surface area contributed by atoms with Crippen LogP contribution in [0.15, 0.2) is 0 Å². The lowest BCUT2D eigenvalue weighted by Gasteiger charge is -2.30. The Morgan fingerprint density at radius 2 is 1.81 bits per heavy atom. The SMILES string of the molecule is CC(C)CC1C(=O)NC(C(=O)N(O)CC(=O)N2CCOCC2)CCCCNC(=O)OCCCC1C(N)=O. The number of amides is 5. The van der Waals surface area contributed by atoms with Crippen LogP contribution in [0.2, 0.25) is 0 Å². The standard InChI is InChI=1S/C24H41N5O8/c1-16(2)14-18-17(21(25)31)6-5-11-37-24(34)26-8-4-3-7-19(27-22(18)32)23(33)29(35)15-20(30)28-9-12-36-13-10-28/h16-19,35H,3-15H2,1-2H3,(H2,25,31)(H,26,34)(H,27,32). The summed E-state index contributed by atoms with van der Waals surface area (Å²) in [7, 11) is 0. The molecule has 13 nitrogen and oxygen atoms in total. The van der Waals surface area contributed by atoms with Gasteiger partial charge in [0.05, 0.1) is 19.8 Å². The van der Waals surface area contributed by atoms with Crippen molar-refractivity contribution in [1.29, 1.82) is 0 Å². The minimum Gasteiger partial charge on any atom is -0.450 e. The topological polar surface area (TPSA) is 181 Å². The average Bonchev–Trinajstić information content (AvgIpc) is 2.86. The van der Waals surface area contributed by atoms with E-state index in [1.54, 1.807) is 0 Å². The molecule has 0 aromatic carbocycles. The normalized spacial score (nSPS) is 24.6. The molecule has 5 amide bonds. The summed E-state index contributed by atoms with van der Waals surface area (Å²) in [4.78, 5) is 64.7. The van der Waals surface area contributed by atoms with E-state index in [1.165, 1.54) is 4.90 Å².